The number of sulfonamides is 1. The molecule has 1 heterocycles. The van der Waals surface area contributed by atoms with Gasteiger partial charge in [0.15, 0.2) is 0 Å². The Labute approximate surface area is 179 Å². The number of nitrogens with one attached hydrogen (secondary N) is 1. The fourth-order valence-corrected chi connectivity index (χ4v) is 4.57. The lowest BCUT2D eigenvalue weighted by Gasteiger charge is -2.24. The van der Waals surface area contributed by atoms with Crippen molar-refractivity contribution < 1.29 is 17.9 Å². The minimum atomic E-state index is -3.53. The Morgan fingerprint density at radius 2 is 1.80 bits per heavy atom. The lowest BCUT2D eigenvalue weighted by Crippen LogP contribution is -2.31. The maximum atomic E-state index is 12.3. The first-order chi connectivity index (χ1) is 14.4. The van der Waals surface area contributed by atoms with E-state index < -0.39 is 10.0 Å². The highest BCUT2D eigenvalue weighted by Gasteiger charge is 2.21. The number of ether oxygens (including phenoxy) is 1. The molecule has 158 valence electrons. The number of anilines is 2. The molecule has 1 aromatic heterocycles. The number of hydrogen-bond acceptors (Lipinski definition) is 7. The topological polar surface area (TPSA) is 101 Å². The minimum absolute atomic E-state index is 0.140. The molecule has 0 fully saturated rings. The van der Waals surface area contributed by atoms with Crippen molar-refractivity contribution in [1.82, 2.24) is 10.2 Å². The van der Waals surface area contributed by atoms with Crippen LogP contribution in [-0.4, -0.2) is 44.4 Å². The van der Waals surface area contributed by atoms with Gasteiger partial charge in [-0.15, -0.1) is 10.2 Å². The molecule has 0 saturated carbocycles. The summed E-state index contributed by atoms with van der Waals surface area (Å²) in [4.78, 5) is 12.3. The maximum Gasteiger partial charge on any atom is 0.232 e. The number of hydrogen-bond donors (Lipinski definition) is 1. The zero-order chi connectivity index (χ0) is 21.6. The molecule has 0 aliphatic heterocycles. The fraction of sp³-hybridized carbons (Fsp3) is 0.250. The van der Waals surface area contributed by atoms with Crippen LogP contribution in [-0.2, 0) is 14.8 Å². The zero-order valence-corrected chi connectivity index (χ0v) is 18.2. The highest BCUT2D eigenvalue weighted by Crippen LogP contribution is 2.30. The molecule has 8 nitrogen and oxygen atoms in total. The number of para-hydroxylation sites is 2. The number of nitrogens with zero attached hydrogens (tertiary/aromatic N) is 3. The van der Waals surface area contributed by atoms with Gasteiger partial charge < -0.3 is 10.1 Å². The predicted molar refractivity (Wildman–Crippen MR) is 118 cm³/mol. The van der Waals surface area contributed by atoms with Crippen LogP contribution in [0.2, 0.25) is 0 Å². The summed E-state index contributed by atoms with van der Waals surface area (Å²) in [6.07, 6.45) is 1.61. The van der Waals surface area contributed by atoms with E-state index in [2.05, 4.69) is 15.5 Å². The molecule has 0 bridgehead atoms. The summed E-state index contributed by atoms with van der Waals surface area (Å²) in [6.45, 7) is 0.151. The van der Waals surface area contributed by atoms with Gasteiger partial charge in [-0.1, -0.05) is 53.8 Å². The molecule has 30 heavy (non-hydrogen) atoms. The van der Waals surface area contributed by atoms with E-state index >= 15 is 0 Å². The first-order valence-corrected chi connectivity index (χ1v) is 11.8. The second-order valence-electron chi connectivity index (χ2n) is 6.44. The zero-order valence-electron chi connectivity index (χ0n) is 16.6. The van der Waals surface area contributed by atoms with E-state index in [0.29, 0.717) is 28.0 Å². The Kier molecular flexibility index (Phi) is 7.01. The number of benzene rings is 2. The Balaban J connectivity index is 1.59. The third-order valence-corrected chi connectivity index (χ3v) is 6.28. The Bertz CT molecular complexity index is 1100. The summed E-state index contributed by atoms with van der Waals surface area (Å²) in [5, 5.41) is 11.9. The number of carbonyl (C=O) groups is 1. The Hall–Kier alpha value is -2.98. The van der Waals surface area contributed by atoms with Gasteiger partial charge in [0.1, 0.15) is 10.8 Å². The maximum absolute atomic E-state index is 12.3. The van der Waals surface area contributed by atoms with Gasteiger partial charge >= 0.3 is 0 Å². The second kappa shape index (κ2) is 9.68. The van der Waals surface area contributed by atoms with Gasteiger partial charge in [0.25, 0.3) is 0 Å². The van der Waals surface area contributed by atoms with Crippen molar-refractivity contribution in [3.8, 4) is 16.3 Å². The van der Waals surface area contributed by atoms with Crippen molar-refractivity contribution in [2.75, 3.05) is 29.5 Å². The first-order valence-electron chi connectivity index (χ1n) is 9.18. The van der Waals surface area contributed by atoms with Crippen molar-refractivity contribution in [3.05, 3.63) is 54.6 Å². The van der Waals surface area contributed by atoms with E-state index in [9.17, 15) is 13.2 Å². The third kappa shape index (κ3) is 5.55. The quantitative estimate of drug-likeness (QED) is 0.541. The normalized spacial score (nSPS) is 11.1. The number of amides is 1. The average molecular weight is 447 g/mol. The van der Waals surface area contributed by atoms with Gasteiger partial charge in [-0.2, -0.15) is 0 Å². The van der Waals surface area contributed by atoms with E-state index in [1.54, 1.807) is 24.3 Å². The molecule has 3 aromatic rings. The van der Waals surface area contributed by atoms with Crippen LogP contribution < -0.4 is 14.4 Å². The minimum Gasteiger partial charge on any atom is -0.495 e. The molecule has 0 aliphatic rings. The smallest absolute Gasteiger partial charge is 0.232 e. The van der Waals surface area contributed by atoms with Crippen LogP contribution in [0, 0.1) is 0 Å². The van der Waals surface area contributed by atoms with Gasteiger partial charge in [-0.25, -0.2) is 8.42 Å². The summed E-state index contributed by atoms with van der Waals surface area (Å²) in [5.74, 6) is 0.203. The van der Waals surface area contributed by atoms with Crippen LogP contribution in [0.4, 0.5) is 10.8 Å². The number of aromatic nitrogens is 2. The van der Waals surface area contributed by atoms with E-state index in [0.717, 1.165) is 11.8 Å². The predicted octanol–water partition coefficient (Wildman–Crippen LogP) is 3.40. The van der Waals surface area contributed by atoms with Crippen molar-refractivity contribution in [2.45, 2.75) is 12.8 Å². The van der Waals surface area contributed by atoms with Crippen molar-refractivity contribution in [1.29, 1.82) is 0 Å². The molecular weight excluding hydrogens is 424 g/mol. The molecule has 3 rings (SSSR count). The fourth-order valence-electron chi connectivity index (χ4n) is 2.84. The SMILES string of the molecule is COc1ccccc1N(CCCC(=O)Nc1nnc(-c2ccccc2)s1)S(C)(=O)=O. The van der Waals surface area contributed by atoms with Crippen molar-refractivity contribution in [2.24, 2.45) is 0 Å². The summed E-state index contributed by atoms with van der Waals surface area (Å²) < 4.78 is 31.0. The Morgan fingerprint density at radius 1 is 1.10 bits per heavy atom. The van der Waals surface area contributed by atoms with Crippen LogP contribution >= 0.6 is 11.3 Å². The van der Waals surface area contributed by atoms with Crippen LogP contribution in [0.25, 0.3) is 10.6 Å². The van der Waals surface area contributed by atoms with Crippen molar-refractivity contribution >= 4 is 38.1 Å². The average Bonchev–Trinajstić information content (AvgIpc) is 3.19. The van der Waals surface area contributed by atoms with Gasteiger partial charge in [-0.3, -0.25) is 9.10 Å². The molecule has 0 radical (unpaired) electrons. The van der Waals surface area contributed by atoms with Gasteiger partial charge in [0, 0.05) is 18.5 Å². The second-order valence-corrected chi connectivity index (χ2v) is 9.32. The standard InChI is InChI=1S/C20H22N4O4S2/c1-28-17-12-7-6-11-16(17)24(30(2,26)27)14-8-13-18(25)21-20-23-22-19(29-20)15-9-4-3-5-10-15/h3-7,9-12H,8,13-14H2,1-2H3,(H,21,23,25). The van der Waals surface area contributed by atoms with E-state index in [4.69, 9.17) is 4.74 Å². The highest BCUT2D eigenvalue weighted by molar-refractivity contribution is 7.92. The summed E-state index contributed by atoms with van der Waals surface area (Å²) >= 11 is 1.28. The first kappa shape index (κ1) is 21.7. The monoisotopic (exact) mass is 446 g/mol. The van der Waals surface area contributed by atoms with Gasteiger partial charge in [0.05, 0.1) is 19.1 Å². The largest absolute Gasteiger partial charge is 0.495 e. The van der Waals surface area contributed by atoms with Crippen LogP contribution in [0.3, 0.4) is 0 Å². The number of rotatable bonds is 9. The molecule has 0 unspecified atom stereocenters. The highest BCUT2D eigenvalue weighted by atomic mass is 32.2. The molecule has 0 spiro atoms. The van der Waals surface area contributed by atoms with Gasteiger partial charge in [0.2, 0.25) is 21.1 Å². The Morgan fingerprint density at radius 3 is 2.50 bits per heavy atom. The van der Waals surface area contributed by atoms with Crippen LogP contribution in [0.1, 0.15) is 12.8 Å². The summed E-state index contributed by atoms with van der Waals surface area (Å²) in [7, 11) is -2.05. The number of carbonyl (C=O) groups excluding carboxylic acids is 1. The molecule has 1 amide bonds. The number of methoxy groups -OCH3 is 1. The van der Waals surface area contributed by atoms with Crippen molar-refractivity contribution in [3.63, 3.8) is 0 Å². The molecule has 10 heteroatoms. The lowest BCUT2D eigenvalue weighted by atomic mass is 10.2. The van der Waals surface area contributed by atoms with E-state index in [1.165, 1.54) is 22.8 Å². The molecule has 0 saturated heterocycles. The molecule has 0 aliphatic carbocycles. The molecular formula is C20H22N4O4S2. The van der Waals surface area contributed by atoms with Gasteiger partial charge in [-0.05, 0) is 18.6 Å². The van der Waals surface area contributed by atoms with Crippen LogP contribution in [0.5, 0.6) is 5.75 Å². The molecule has 1 N–H and O–H groups in total. The summed E-state index contributed by atoms with van der Waals surface area (Å²) in [6, 6.07) is 16.4. The lowest BCUT2D eigenvalue weighted by molar-refractivity contribution is -0.116. The molecule has 2 aromatic carbocycles. The van der Waals surface area contributed by atoms with E-state index in [1.807, 2.05) is 30.3 Å². The molecule has 0 atom stereocenters. The van der Waals surface area contributed by atoms with E-state index in [-0.39, 0.29) is 18.9 Å². The summed E-state index contributed by atoms with van der Waals surface area (Å²) in [5.41, 5.74) is 1.37. The third-order valence-electron chi connectivity index (χ3n) is 4.21. The van der Waals surface area contributed by atoms with Crippen LogP contribution in [0.15, 0.2) is 54.6 Å².